The number of benzene rings is 1. The molecular weight excluding hydrogens is 244 g/mol. The Hall–Kier alpha value is -2.16. The third-order valence-electron chi connectivity index (χ3n) is 2.22. The number of carbonyl (C=O) groups excluding carboxylic acids is 1. The Bertz CT molecular complexity index is 495. The number of esters is 1. The molecule has 0 aliphatic rings. The van der Waals surface area contributed by atoms with Gasteiger partial charge in [0.05, 0.1) is 30.9 Å². The van der Waals surface area contributed by atoms with Crippen molar-refractivity contribution in [2.75, 3.05) is 13.7 Å². The van der Waals surface area contributed by atoms with E-state index in [-0.39, 0.29) is 17.9 Å². The van der Waals surface area contributed by atoms with Gasteiger partial charge < -0.3 is 9.47 Å². The fraction of sp³-hybridized carbons (Fsp3) is 0.333. The van der Waals surface area contributed by atoms with E-state index in [9.17, 15) is 13.6 Å². The minimum atomic E-state index is -3.88. The van der Waals surface area contributed by atoms with E-state index in [4.69, 9.17) is 10.00 Å². The minimum absolute atomic E-state index is 0.132. The lowest BCUT2D eigenvalue weighted by Gasteiger charge is -2.16. The summed E-state index contributed by atoms with van der Waals surface area (Å²) >= 11 is 0. The van der Waals surface area contributed by atoms with E-state index >= 15 is 0 Å². The first-order chi connectivity index (χ1) is 8.47. The van der Waals surface area contributed by atoms with Gasteiger partial charge in [-0.2, -0.15) is 14.0 Å². The van der Waals surface area contributed by atoms with Crippen molar-refractivity contribution < 1.29 is 23.0 Å². The number of carbonyl (C=O) groups is 1. The molecule has 0 aromatic heterocycles. The van der Waals surface area contributed by atoms with Crippen molar-refractivity contribution in [2.45, 2.75) is 12.8 Å². The van der Waals surface area contributed by atoms with Gasteiger partial charge in [-0.1, -0.05) is 0 Å². The van der Waals surface area contributed by atoms with E-state index < -0.39 is 17.5 Å². The number of halogens is 2. The molecule has 0 radical (unpaired) electrons. The number of methoxy groups -OCH3 is 1. The quantitative estimate of drug-likeness (QED) is 0.774. The summed E-state index contributed by atoms with van der Waals surface area (Å²) in [5.74, 6) is -5.43. The zero-order chi connectivity index (χ0) is 13.8. The van der Waals surface area contributed by atoms with Gasteiger partial charge in [-0.05, 0) is 25.1 Å². The molecule has 1 aromatic rings. The summed E-state index contributed by atoms with van der Waals surface area (Å²) in [5.41, 5.74) is -1.02. The van der Waals surface area contributed by atoms with Crippen molar-refractivity contribution in [2.24, 2.45) is 0 Å². The summed E-state index contributed by atoms with van der Waals surface area (Å²) < 4.78 is 36.7. The average Bonchev–Trinajstić information content (AvgIpc) is 2.38. The van der Waals surface area contributed by atoms with Crippen molar-refractivity contribution >= 4 is 5.97 Å². The predicted octanol–water partition coefficient (Wildman–Crippen LogP) is 2.22. The molecule has 0 heterocycles. The number of hydrogen-bond acceptors (Lipinski definition) is 4. The zero-order valence-electron chi connectivity index (χ0n) is 9.87. The first kappa shape index (κ1) is 13.9. The normalized spacial score (nSPS) is 10.6. The van der Waals surface area contributed by atoms with E-state index in [0.717, 1.165) is 6.07 Å². The van der Waals surface area contributed by atoms with Crippen molar-refractivity contribution in [3.8, 4) is 11.8 Å². The van der Waals surface area contributed by atoms with Crippen LogP contribution in [0.15, 0.2) is 18.2 Å². The predicted molar refractivity (Wildman–Crippen MR) is 58.2 cm³/mol. The summed E-state index contributed by atoms with van der Waals surface area (Å²) in [4.78, 5) is 11.2. The van der Waals surface area contributed by atoms with Gasteiger partial charge in [-0.25, -0.2) is 4.79 Å². The Morgan fingerprint density at radius 2 is 2.17 bits per heavy atom. The number of ether oxygens (including phenoxy) is 2. The van der Waals surface area contributed by atoms with Gasteiger partial charge in [0.1, 0.15) is 5.75 Å². The van der Waals surface area contributed by atoms with E-state index in [0.29, 0.717) is 0 Å². The molecule has 0 aliphatic heterocycles. The lowest BCUT2D eigenvalue weighted by atomic mass is 10.0. The van der Waals surface area contributed by atoms with E-state index in [1.165, 1.54) is 26.2 Å². The molecule has 0 N–H and O–H groups in total. The molecule has 96 valence electrons. The van der Waals surface area contributed by atoms with Crippen LogP contribution in [0.3, 0.4) is 0 Å². The zero-order valence-corrected chi connectivity index (χ0v) is 9.87. The molecule has 0 aliphatic carbocycles. The standard InChI is InChI=1S/C12H11F2NO3/c1-3-18-11(16)12(13,14)10-6-9(17-2)5-4-8(10)7-15/h4-6H,3H2,1-2H3. The highest BCUT2D eigenvalue weighted by molar-refractivity contribution is 5.80. The van der Waals surface area contributed by atoms with Crippen LogP contribution in [-0.2, 0) is 15.5 Å². The summed E-state index contributed by atoms with van der Waals surface area (Å²) in [6.07, 6.45) is 0. The van der Waals surface area contributed by atoms with E-state index in [2.05, 4.69) is 4.74 Å². The molecule has 0 bridgehead atoms. The van der Waals surface area contributed by atoms with Crippen molar-refractivity contribution in [3.63, 3.8) is 0 Å². The Morgan fingerprint density at radius 1 is 1.50 bits per heavy atom. The van der Waals surface area contributed by atoms with Crippen molar-refractivity contribution in [3.05, 3.63) is 29.3 Å². The van der Waals surface area contributed by atoms with Crippen LogP contribution in [-0.4, -0.2) is 19.7 Å². The Labute approximate surface area is 103 Å². The molecule has 0 atom stereocenters. The molecule has 18 heavy (non-hydrogen) atoms. The van der Waals surface area contributed by atoms with Crippen LogP contribution in [0.1, 0.15) is 18.1 Å². The van der Waals surface area contributed by atoms with Gasteiger partial charge in [0.15, 0.2) is 0 Å². The molecule has 1 rings (SSSR count). The van der Waals surface area contributed by atoms with Crippen LogP contribution in [0, 0.1) is 11.3 Å². The number of hydrogen-bond donors (Lipinski definition) is 0. The largest absolute Gasteiger partial charge is 0.497 e. The first-order valence-electron chi connectivity index (χ1n) is 5.11. The second-order valence-electron chi connectivity index (χ2n) is 3.32. The number of nitriles is 1. The molecule has 1 aromatic carbocycles. The fourth-order valence-electron chi connectivity index (χ4n) is 1.34. The summed E-state index contributed by atoms with van der Waals surface area (Å²) in [6, 6.07) is 5.09. The monoisotopic (exact) mass is 255 g/mol. The summed E-state index contributed by atoms with van der Waals surface area (Å²) in [7, 11) is 1.30. The second kappa shape index (κ2) is 5.45. The SMILES string of the molecule is CCOC(=O)C(F)(F)c1cc(OC)ccc1C#N. The molecule has 0 saturated heterocycles. The molecule has 0 spiro atoms. The van der Waals surface area contributed by atoms with Crippen LogP contribution in [0.2, 0.25) is 0 Å². The van der Waals surface area contributed by atoms with Gasteiger partial charge in [-0.3, -0.25) is 0 Å². The smallest absolute Gasteiger partial charge is 0.382 e. The van der Waals surface area contributed by atoms with Gasteiger partial charge >= 0.3 is 11.9 Å². The first-order valence-corrected chi connectivity index (χ1v) is 5.11. The molecule has 0 amide bonds. The maximum atomic E-state index is 13.8. The molecule has 4 nitrogen and oxygen atoms in total. The van der Waals surface area contributed by atoms with Gasteiger partial charge in [0, 0.05) is 0 Å². The minimum Gasteiger partial charge on any atom is -0.497 e. The lowest BCUT2D eigenvalue weighted by Crippen LogP contribution is -2.29. The maximum absolute atomic E-state index is 13.8. The van der Waals surface area contributed by atoms with Crippen LogP contribution in [0.25, 0.3) is 0 Å². The highest BCUT2D eigenvalue weighted by Crippen LogP contribution is 2.34. The maximum Gasteiger partial charge on any atom is 0.382 e. The molecule has 6 heteroatoms. The molecule has 0 fully saturated rings. The van der Waals surface area contributed by atoms with Crippen LogP contribution < -0.4 is 4.74 Å². The second-order valence-corrected chi connectivity index (χ2v) is 3.32. The fourth-order valence-corrected chi connectivity index (χ4v) is 1.34. The van der Waals surface area contributed by atoms with Gasteiger partial charge in [0.2, 0.25) is 0 Å². The third-order valence-corrected chi connectivity index (χ3v) is 2.22. The van der Waals surface area contributed by atoms with E-state index in [1.807, 2.05) is 0 Å². The average molecular weight is 255 g/mol. The molecule has 0 saturated carbocycles. The summed E-state index contributed by atoms with van der Waals surface area (Å²) in [6.45, 7) is 1.25. The molecular formula is C12H11F2NO3. The van der Waals surface area contributed by atoms with Crippen LogP contribution in [0.4, 0.5) is 8.78 Å². The van der Waals surface area contributed by atoms with Crippen LogP contribution >= 0.6 is 0 Å². The highest BCUT2D eigenvalue weighted by Gasteiger charge is 2.44. The van der Waals surface area contributed by atoms with Crippen molar-refractivity contribution in [1.29, 1.82) is 5.26 Å². The van der Waals surface area contributed by atoms with Crippen LogP contribution in [0.5, 0.6) is 5.75 Å². The third kappa shape index (κ3) is 2.56. The molecule has 0 unspecified atom stereocenters. The number of nitrogens with zero attached hydrogens (tertiary/aromatic N) is 1. The number of rotatable bonds is 4. The highest BCUT2D eigenvalue weighted by atomic mass is 19.3. The lowest BCUT2D eigenvalue weighted by molar-refractivity contribution is -0.173. The Kier molecular flexibility index (Phi) is 4.21. The summed E-state index contributed by atoms with van der Waals surface area (Å²) in [5, 5.41) is 8.78. The number of alkyl halides is 2. The Balaban J connectivity index is 3.29. The topological polar surface area (TPSA) is 59.3 Å². The Morgan fingerprint density at radius 3 is 2.67 bits per heavy atom. The van der Waals surface area contributed by atoms with Gasteiger partial charge in [0.25, 0.3) is 0 Å². The van der Waals surface area contributed by atoms with Crippen molar-refractivity contribution in [1.82, 2.24) is 0 Å². The van der Waals surface area contributed by atoms with Gasteiger partial charge in [-0.15, -0.1) is 0 Å². The van der Waals surface area contributed by atoms with E-state index in [1.54, 1.807) is 6.07 Å².